The Morgan fingerprint density at radius 2 is 1.85 bits per heavy atom. The molecule has 27 heavy (non-hydrogen) atoms. The lowest BCUT2D eigenvalue weighted by Gasteiger charge is -2.06. The van der Waals surface area contributed by atoms with Crippen molar-refractivity contribution in [2.24, 2.45) is 0 Å². The van der Waals surface area contributed by atoms with Gasteiger partial charge >= 0.3 is 0 Å². The Balaban J connectivity index is 1.76. The largest absolute Gasteiger partial charge is 0.308 e. The van der Waals surface area contributed by atoms with Crippen LogP contribution in [0.3, 0.4) is 0 Å². The van der Waals surface area contributed by atoms with Gasteiger partial charge in [-0.2, -0.15) is 9.61 Å². The summed E-state index contributed by atoms with van der Waals surface area (Å²) in [6.07, 6.45) is 1.62. The molecule has 0 saturated carbocycles. The van der Waals surface area contributed by atoms with Crippen molar-refractivity contribution >= 4 is 38.8 Å². The van der Waals surface area contributed by atoms with Gasteiger partial charge in [-0.3, -0.25) is 4.79 Å². The number of aromatic nitrogens is 4. The predicted octanol–water partition coefficient (Wildman–Crippen LogP) is 4.72. The molecule has 132 valence electrons. The minimum atomic E-state index is -0.209. The molecule has 3 aromatic heterocycles. The Morgan fingerprint density at radius 1 is 1.07 bits per heavy atom. The van der Waals surface area contributed by atoms with E-state index in [1.165, 1.54) is 15.9 Å². The lowest BCUT2D eigenvalue weighted by atomic mass is 10.2. The zero-order valence-electron chi connectivity index (χ0n) is 14.3. The number of fused-ring (bicyclic) bond motifs is 2. The highest BCUT2D eigenvalue weighted by atomic mass is 35.5. The van der Waals surface area contributed by atoms with Crippen LogP contribution in [-0.4, -0.2) is 19.2 Å². The van der Waals surface area contributed by atoms with Crippen molar-refractivity contribution in [3.63, 3.8) is 0 Å². The molecule has 5 rings (SSSR count). The molecule has 0 aliphatic rings. The number of halogens is 1. The average molecular weight is 393 g/mol. The maximum Gasteiger partial charge on any atom is 0.299 e. The van der Waals surface area contributed by atoms with Gasteiger partial charge in [-0.15, -0.1) is 0 Å². The number of rotatable bonds is 2. The predicted molar refractivity (Wildman–Crippen MR) is 109 cm³/mol. The van der Waals surface area contributed by atoms with Crippen molar-refractivity contribution in [1.29, 1.82) is 0 Å². The summed E-state index contributed by atoms with van der Waals surface area (Å²) in [4.78, 5) is 18.2. The van der Waals surface area contributed by atoms with E-state index in [0.717, 1.165) is 22.2 Å². The minimum absolute atomic E-state index is 0.209. The van der Waals surface area contributed by atoms with Crippen LogP contribution in [0, 0.1) is 6.92 Å². The van der Waals surface area contributed by atoms with Crippen molar-refractivity contribution < 1.29 is 0 Å². The summed E-state index contributed by atoms with van der Waals surface area (Å²) in [6, 6.07) is 17.5. The second kappa shape index (κ2) is 6.04. The number of para-hydroxylation sites is 1. The quantitative estimate of drug-likeness (QED) is 0.436. The molecule has 3 heterocycles. The van der Waals surface area contributed by atoms with Crippen LogP contribution in [0.1, 0.15) is 5.69 Å². The third-order valence-electron chi connectivity index (χ3n) is 4.51. The number of hydrogen-bond donors (Lipinski definition) is 0. The van der Waals surface area contributed by atoms with Crippen LogP contribution in [0.25, 0.3) is 32.1 Å². The van der Waals surface area contributed by atoms with Gasteiger partial charge in [-0.1, -0.05) is 59.3 Å². The Labute approximate surface area is 163 Å². The minimum Gasteiger partial charge on any atom is -0.308 e. The van der Waals surface area contributed by atoms with Crippen LogP contribution in [0.2, 0.25) is 5.02 Å². The standard InChI is InChI=1S/C20H13ClN4OS/c1-12-10-13-6-2-5-9-16(13)24(12)17-11-22-20-25(19(17)26)23-18(27-20)14-7-3-4-8-15(14)21/h2-11H,1H3. The lowest BCUT2D eigenvalue weighted by molar-refractivity contribution is 0.872. The fourth-order valence-corrected chi connectivity index (χ4v) is 4.47. The topological polar surface area (TPSA) is 52.2 Å². The molecule has 0 atom stereocenters. The molecule has 0 unspecified atom stereocenters. The van der Waals surface area contributed by atoms with Crippen molar-refractivity contribution in [3.05, 3.63) is 81.9 Å². The molecule has 0 amide bonds. The number of hydrogen-bond acceptors (Lipinski definition) is 4. The Bertz CT molecular complexity index is 1380. The first-order valence-corrected chi connectivity index (χ1v) is 9.54. The van der Waals surface area contributed by atoms with E-state index < -0.39 is 0 Å². The van der Waals surface area contributed by atoms with Crippen LogP contribution in [0.15, 0.2) is 65.6 Å². The Hall–Kier alpha value is -2.96. The van der Waals surface area contributed by atoms with Crippen molar-refractivity contribution in [2.75, 3.05) is 0 Å². The summed E-state index contributed by atoms with van der Waals surface area (Å²) in [5.41, 5.74) is 2.99. The molecule has 0 radical (unpaired) electrons. The van der Waals surface area contributed by atoms with E-state index in [1.807, 2.05) is 54.0 Å². The second-order valence-corrected chi connectivity index (χ2v) is 7.57. The number of aryl methyl sites for hydroxylation is 1. The van der Waals surface area contributed by atoms with Gasteiger partial charge in [0.1, 0.15) is 10.7 Å². The third kappa shape index (κ3) is 2.49. The summed E-state index contributed by atoms with van der Waals surface area (Å²) in [6.45, 7) is 1.98. The molecule has 0 bridgehead atoms. The Morgan fingerprint density at radius 3 is 2.70 bits per heavy atom. The van der Waals surface area contributed by atoms with Crippen LogP contribution < -0.4 is 5.56 Å². The molecular weight excluding hydrogens is 380 g/mol. The van der Waals surface area contributed by atoms with Gasteiger partial charge in [0.15, 0.2) is 0 Å². The first-order valence-electron chi connectivity index (χ1n) is 8.35. The first-order chi connectivity index (χ1) is 13.1. The average Bonchev–Trinajstić information content (AvgIpc) is 3.24. The lowest BCUT2D eigenvalue weighted by Crippen LogP contribution is -2.21. The fourth-order valence-electron chi connectivity index (χ4n) is 3.29. The van der Waals surface area contributed by atoms with Crippen molar-refractivity contribution in [2.45, 2.75) is 6.92 Å². The molecule has 0 aliphatic carbocycles. The first kappa shape index (κ1) is 16.2. The van der Waals surface area contributed by atoms with E-state index in [1.54, 1.807) is 12.3 Å². The van der Waals surface area contributed by atoms with E-state index in [9.17, 15) is 4.79 Å². The monoisotopic (exact) mass is 392 g/mol. The third-order valence-corrected chi connectivity index (χ3v) is 5.79. The van der Waals surface area contributed by atoms with E-state index >= 15 is 0 Å². The van der Waals surface area contributed by atoms with E-state index in [2.05, 4.69) is 16.1 Å². The van der Waals surface area contributed by atoms with Crippen LogP contribution >= 0.6 is 22.9 Å². The van der Waals surface area contributed by atoms with Crippen LogP contribution in [-0.2, 0) is 0 Å². The summed E-state index contributed by atoms with van der Waals surface area (Å²) in [5, 5.41) is 6.82. The summed E-state index contributed by atoms with van der Waals surface area (Å²) < 4.78 is 3.28. The smallest absolute Gasteiger partial charge is 0.299 e. The summed E-state index contributed by atoms with van der Waals surface area (Å²) >= 11 is 7.62. The molecule has 0 aliphatic heterocycles. The summed E-state index contributed by atoms with van der Waals surface area (Å²) in [7, 11) is 0. The van der Waals surface area contributed by atoms with Gasteiger partial charge in [0, 0.05) is 16.6 Å². The highest BCUT2D eigenvalue weighted by Crippen LogP contribution is 2.30. The zero-order valence-corrected chi connectivity index (χ0v) is 15.8. The van der Waals surface area contributed by atoms with Gasteiger partial charge in [0.05, 0.1) is 16.7 Å². The van der Waals surface area contributed by atoms with Crippen molar-refractivity contribution in [1.82, 2.24) is 19.2 Å². The van der Waals surface area contributed by atoms with Crippen molar-refractivity contribution in [3.8, 4) is 16.3 Å². The maximum atomic E-state index is 13.2. The second-order valence-electron chi connectivity index (χ2n) is 6.21. The summed E-state index contributed by atoms with van der Waals surface area (Å²) in [5.74, 6) is 0. The number of nitrogens with zero attached hydrogens (tertiary/aromatic N) is 4. The van der Waals surface area contributed by atoms with Crippen LogP contribution in [0.5, 0.6) is 0 Å². The zero-order chi connectivity index (χ0) is 18.5. The molecule has 5 aromatic rings. The van der Waals surface area contributed by atoms with Gasteiger partial charge in [0.25, 0.3) is 5.56 Å². The van der Waals surface area contributed by atoms with Gasteiger partial charge in [0.2, 0.25) is 4.96 Å². The molecule has 0 saturated heterocycles. The fraction of sp³-hybridized carbons (Fsp3) is 0.0500. The van der Waals surface area contributed by atoms with E-state index in [0.29, 0.717) is 20.7 Å². The molecular formula is C20H13ClN4OS. The maximum absolute atomic E-state index is 13.2. The normalized spacial score (nSPS) is 11.5. The Kier molecular flexibility index (Phi) is 3.63. The highest BCUT2D eigenvalue weighted by Gasteiger charge is 2.16. The van der Waals surface area contributed by atoms with E-state index in [4.69, 9.17) is 11.6 Å². The molecule has 0 fully saturated rings. The molecule has 0 spiro atoms. The number of benzene rings is 2. The van der Waals surface area contributed by atoms with E-state index in [-0.39, 0.29) is 5.56 Å². The van der Waals surface area contributed by atoms with Gasteiger partial charge < -0.3 is 4.57 Å². The molecule has 5 nitrogen and oxygen atoms in total. The SMILES string of the molecule is Cc1cc2ccccc2n1-c1cnc2sc(-c3ccccc3Cl)nn2c1=O. The molecule has 0 N–H and O–H groups in total. The van der Waals surface area contributed by atoms with Gasteiger partial charge in [-0.05, 0) is 25.1 Å². The highest BCUT2D eigenvalue weighted by molar-refractivity contribution is 7.19. The molecule has 7 heteroatoms. The van der Waals surface area contributed by atoms with Gasteiger partial charge in [-0.25, -0.2) is 4.98 Å². The molecule has 2 aromatic carbocycles. The van der Waals surface area contributed by atoms with Crippen LogP contribution in [0.4, 0.5) is 0 Å².